The molecule has 1 aliphatic rings. The van der Waals surface area contributed by atoms with E-state index in [4.69, 9.17) is 15.6 Å². The summed E-state index contributed by atoms with van der Waals surface area (Å²) in [5, 5.41) is 18.4. The Morgan fingerprint density at radius 1 is 1.69 bits per heavy atom. The molecule has 16 heavy (non-hydrogen) atoms. The van der Waals surface area contributed by atoms with Gasteiger partial charge in [-0.2, -0.15) is 4.98 Å². The van der Waals surface area contributed by atoms with Crippen LogP contribution in [0.2, 0.25) is 0 Å². The second-order valence-electron chi connectivity index (χ2n) is 3.66. The molecule has 1 saturated heterocycles. The van der Waals surface area contributed by atoms with Crippen LogP contribution < -0.4 is 11.4 Å². The average molecular weight is 234 g/mol. The molecule has 3 atom stereocenters. The first-order valence-corrected chi connectivity index (χ1v) is 4.91. The van der Waals surface area contributed by atoms with Crippen molar-refractivity contribution in [2.24, 2.45) is 0 Å². The minimum Gasteiger partial charge on any atom is -0.394 e. The van der Waals surface area contributed by atoms with Gasteiger partial charge in [0.2, 0.25) is 0 Å². The quantitative estimate of drug-likeness (QED) is 0.535. The molecule has 2 rings (SSSR count). The van der Waals surface area contributed by atoms with Crippen LogP contribution in [-0.4, -0.2) is 38.6 Å². The van der Waals surface area contributed by atoms with Crippen molar-refractivity contribution >= 4 is 5.82 Å². The monoisotopic (exact) mass is 234 g/mol. The number of anilines is 1. The van der Waals surface area contributed by atoms with Gasteiger partial charge >= 0.3 is 5.69 Å². The molecule has 0 aromatic carbocycles. The SMILES string of the molecule is Nc1cc[15n]([13C@H]2[13CH2][13C@H](O)[13C@@H]([13CH2]O)O2)c(=O)[15n]1. The number of hydrogen-bond acceptors (Lipinski definition) is 6. The largest absolute Gasteiger partial charge is 0.394 e. The van der Waals surface area contributed by atoms with Gasteiger partial charge in [-0.1, -0.05) is 0 Å². The molecular weight excluding hydrogens is 221 g/mol. The highest BCUT2D eigenvalue weighted by Gasteiger charge is 2.34. The number of aliphatic hydroxyl groups is 2. The van der Waals surface area contributed by atoms with Gasteiger partial charge in [-0.15, -0.1) is 0 Å². The molecule has 1 aliphatic heterocycles. The number of aromatic nitrogens is 2. The summed E-state index contributed by atoms with van der Waals surface area (Å²) in [6.07, 6.45) is -0.333. The first-order chi connectivity index (χ1) is 7.61. The van der Waals surface area contributed by atoms with Crippen LogP contribution in [0.4, 0.5) is 5.82 Å². The number of rotatable bonds is 2. The Kier molecular flexibility index (Phi) is 2.90. The number of hydrogen-bond donors (Lipinski definition) is 3. The molecule has 0 aliphatic carbocycles. The molecular formula is C9H13N3O4. The van der Waals surface area contributed by atoms with Crippen LogP contribution in [0.1, 0.15) is 12.6 Å². The van der Waals surface area contributed by atoms with Crippen molar-refractivity contribution in [3.63, 3.8) is 0 Å². The molecule has 1 aromatic rings. The smallest absolute Gasteiger partial charge is 0.351 e. The molecule has 0 unspecified atom stereocenters. The average Bonchev–Trinajstić information content (AvgIpc) is 2.59. The van der Waals surface area contributed by atoms with E-state index in [1.165, 1.54) is 16.8 Å². The number of aliphatic hydroxyl groups excluding tert-OH is 2. The Balaban J connectivity index is 2.23. The zero-order chi connectivity index (χ0) is 11.7. The van der Waals surface area contributed by atoms with Crippen LogP contribution in [0.15, 0.2) is 17.1 Å². The lowest BCUT2D eigenvalue weighted by Crippen LogP contribution is -2.27. The molecule has 0 bridgehead atoms. The van der Waals surface area contributed by atoms with Crippen LogP contribution >= 0.6 is 0 Å². The third kappa shape index (κ3) is 1.92. The van der Waals surface area contributed by atoms with Crippen molar-refractivity contribution in [2.75, 3.05) is 12.3 Å². The van der Waals surface area contributed by atoms with Crippen molar-refractivity contribution in [3.8, 4) is 0 Å². The zero-order valence-corrected chi connectivity index (χ0v) is 8.48. The van der Waals surface area contributed by atoms with E-state index >= 15 is 0 Å². The summed E-state index contributed by atoms with van der Waals surface area (Å²) in [4.78, 5) is 15.0. The molecule has 0 radical (unpaired) electrons. The molecule has 1 fully saturated rings. The molecule has 2 heterocycles. The van der Waals surface area contributed by atoms with Gasteiger partial charge in [0.25, 0.3) is 0 Å². The lowest BCUT2D eigenvalue weighted by atomic mass is 10.6. The number of nitrogen functional groups attached to an aromatic ring is 1. The fourth-order valence-corrected chi connectivity index (χ4v) is 1.70. The van der Waals surface area contributed by atoms with Crippen LogP contribution in [0.25, 0.3) is 0 Å². The maximum atomic E-state index is 11.5. The first-order valence-electron chi connectivity index (χ1n) is 4.91. The Morgan fingerprint density at radius 3 is 3.00 bits per heavy atom. The van der Waals surface area contributed by atoms with Crippen molar-refractivity contribution in [1.29, 1.82) is 0 Å². The van der Waals surface area contributed by atoms with E-state index in [0.29, 0.717) is 0 Å². The summed E-state index contributed by atoms with van der Waals surface area (Å²) >= 11 is 0. The maximum absolute atomic E-state index is 11.5. The van der Waals surface area contributed by atoms with E-state index in [1.54, 1.807) is 0 Å². The second-order valence-corrected chi connectivity index (χ2v) is 3.66. The summed E-state index contributed by atoms with van der Waals surface area (Å²) in [7, 11) is 0. The second kappa shape index (κ2) is 4.20. The third-order valence-electron chi connectivity index (χ3n) is 2.55. The molecule has 1 aromatic heterocycles. The van der Waals surface area contributed by atoms with Gasteiger partial charge in [-0.25, -0.2) is 4.79 Å². The normalized spacial score (nSPS) is 29.5. The molecule has 4 N–H and O–H groups in total. The van der Waals surface area contributed by atoms with Crippen LogP contribution in [0, 0.1) is 0 Å². The standard InChI is InChI=1S/C9H13N3O4/c10-7-1-2-12(9(15)11-7)8-3-5(14)6(4-13)16-8/h1-2,5-6,8,13-14H,3-4H2,(H2,10,11,15)/t5-,6+,8+/m0/s1/i3+1,4+1,5+1,6+1,8+1,11+1,12+1. The highest BCUT2D eigenvalue weighted by Crippen LogP contribution is 2.27. The predicted molar refractivity (Wildman–Crippen MR) is 54.5 cm³/mol. The summed E-state index contributed by atoms with van der Waals surface area (Å²) in [6, 6.07) is 1.48. The molecule has 7 heteroatoms. The van der Waals surface area contributed by atoms with Gasteiger partial charge in [-0.05, 0) is 6.07 Å². The fourth-order valence-electron chi connectivity index (χ4n) is 1.70. The van der Waals surface area contributed by atoms with Gasteiger partial charge in [0.1, 0.15) is 18.1 Å². The summed E-state index contributed by atoms with van der Waals surface area (Å²) < 4.78 is 6.56. The third-order valence-corrected chi connectivity index (χ3v) is 2.55. The molecule has 0 spiro atoms. The molecule has 7 nitrogen and oxygen atoms in total. The van der Waals surface area contributed by atoms with Crippen molar-refractivity contribution < 1.29 is 14.9 Å². The first kappa shape index (κ1) is 11.1. The Bertz CT molecular complexity index is 433. The van der Waals surface area contributed by atoms with Crippen molar-refractivity contribution in [3.05, 3.63) is 22.7 Å². The highest BCUT2D eigenvalue weighted by molar-refractivity contribution is 5.23. The lowest BCUT2D eigenvalue weighted by molar-refractivity contribution is -0.0458. The maximum Gasteiger partial charge on any atom is 0.351 e. The van der Waals surface area contributed by atoms with E-state index in [2.05, 4.69) is 4.98 Å². The van der Waals surface area contributed by atoms with E-state index in [0.717, 1.165) is 0 Å². The summed E-state index contributed by atoms with van der Waals surface area (Å²) in [5.41, 5.74) is 4.82. The predicted octanol–water partition coefficient (Wildman–Crippen LogP) is -1.53. The van der Waals surface area contributed by atoms with Gasteiger partial charge in [-0.3, -0.25) is 4.57 Å². The highest BCUT2D eigenvalue weighted by atomic mass is 16.8. The number of nitrogens with two attached hydrogens (primary N) is 1. The minimum absolute atomic E-state index is 0.138. The van der Waals surface area contributed by atoms with Gasteiger partial charge in [0, 0.05) is 12.6 Å². The van der Waals surface area contributed by atoms with E-state index in [9.17, 15) is 9.90 Å². The Hall–Kier alpha value is -1.44. The van der Waals surface area contributed by atoms with Gasteiger partial charge in [0.05, 0.1) is 12.7 Å². The Morgan fingerprint density at radius 2 is 2.44 bits per heavy atom. The lowest BCUT2D eigenvalue weighted by Gasteiger charge is -2.13. The van der Waals surface area contributed by atoms with Crippen LogP contribution in [0.5, 0.6) is 0 Å². The van der Waals surface area contributed by atoms with Gasteiger partial charge in [0.15, 0.2) is 0 Å². The van der Waals surface area contributed by atoms with Crippen LogP contribution in [0.3, 0.4) is 0 Å². The number of nitrogens with zero attached hydrogens (tertiary/aromatic N) is 2. The number of ether oxygens (including phenoxy) is 1. The topological polar surface area (TPSA) is 111 Å². The Labute approximate surface area is 91.1 Å². The summed E-state index contributed by atoms with van der Waals surface area (Å²) in [5.74, 6) is 0.138. The van der Waals surface area contributed by atoms with E-state index in [1.807, 2.05) is 0 Å². The van der Waals surface area contributed by atoms with Gasteiger partial charge < -0.3 is 20.7 Å². The molecule has 0 saturated carbocycles. The summed E-state index contributed by atoms with van der Waals surface area (Å²) in [6.45, 7) is -0.283. The van der Waals surface area contributed by atoms with E-state index in [-0.39, 0.29) is 18.8 Å². The van der Waals surface area contributed by atoms with Crippen LogP contribution in [-0.2, 0) is 4.74 Å². The fraction of sp³-hybridized carbons (Fsp3) is 0.556. The minimum atomic E-state index is -0.778. The molecule has 0 amide bonds. The molecule has 88 valence electrons. The van der Waals surface area contributed by atoms with Crippen molar-refractivity contribution in [2.45, 2.75) is 24.9 Å². The van der Waals surface area contributed by atoms with E-state index < -0.39 is 24.1 Å². The zero-order valence-electron chi connectivity index (χ0n) is 8.48. The van der Waals surface area contributed by atoms with Crippen molar-refractivity contribution in [1.82, 2.24) is 9.55 Å².